The summed E-state index contributed by atoms with van der Waals surface area (Å²) in [5.41, 5.74) is 4.80. The van der Waals surface area contributed by atoms with E-state index in [9.17, 15) is 4.79 Å². The van der Waals surface area contributed by atoms with Crippen LogP contribution in [0.15, 0.2) is 34.9 Å². The van der Waals surface area contributed by atoms with Gasteiger partial charge in [-0.25, -0.2) is 9.97 Å². The van der Waals surface area contributed by atoms with Crippen LogP contribution in [0.4, 0.5) is 0 Å². The quantitative estimate of drug-likeness (QED) is 0.235. The third kappa shape index (κ3) is 4.24. The SMILES string of the molecule is CCCCOC(=O)CSc1ncnc2scc(-c3ccc(C)c(C)c3)c12. The number of thioether (sulfide) groups is 1. The first-order valence-corrected chi connectivity index (χ1v) is 10.5. The molecule has 26 heavy (non-hydrogen) atoms. The average Bonchev–Trinajstić information content (AvgIpc) is 3.07. The highest BCUT2D eigenvalue weighted by Gasteiger charge is 2.15. The topological polar surface area (TPSA) is 52.1 Å². The molecule has 0 N–H and O–H groups in total. The molecule has 4 nitrogen and oxygen atoms in total. The van der Waals surface area contributed by atoms with Crippen LogP contribution in [-0.2, 0) is 9.53 Å². The van der Waals surface area contributed by atoms with E-state index < -0.39 is 0 Å². The number of ether oxygens (including phenoxy) is 1. The highest BCUT2D eigenvalue weighted by Crippen LogP contribution is 2.38. The van der Waals surface area contributed by atoms with Gasteiger partial charge in [0, 0.05) is 10.9 Å². The molecule has 2 aromatic heterocycles. The molecule has 2 heterocycles. The summed E-state index contributed by atoms with van der Waals surface area (Å²) in [6, 6.07) is 6.46. The largest absolute Gasteiger partial charge is 0.465 e. The molecule has 0 amide bonds. The number of hydrogen-bond donors (Lipinski definition) is 0. The number of rotatable bonds is 7. The van der Waals surface area contributed by atoms with E-state index in [1.807, 2.05) is 0 Å². The lowest BCUT2D eigenvalue weighted by Gasteiger charge is -2.07. The number of carbonyl (C=O) groups excluding carboxylic acids is 1. The molecule has 136 valence electrons. The standard InChI is InChI=1S/C20H22N2O2S2/c1-4-5-8-24-17(23)11-26-20-18-16(10-25-19(18)21-12-22-20)15-7-6-13(2)14(3)9-15/h6-7,9-10,12H,4-5,8,11H2,1-3H3. The van der Waals surface area contributed by atoms with Crippen molar-refractivity contribution in [2.24, 2.45) is 0 Å². The van der Waals surface area contributed by atoms with Crippen molar-refractivity contribution in [2.45, 2.75) is 38.6 Å². The lowest BCUT2D eigenvalue weighted by Crippen LogP contribution is -2.08. The van der Waals surface area contributed by atoms with Crippen molar-refractivity contribution in [3.8, 4) is 11.1 Å². The molecule has 0 aliphatic heterocycles. The normalized spacial score (nSPS) is 11.0. The molecule has 0 aliphatic carbocycles. The summed E-state index contributed by atoms with van der Waals surface area (Å²) in [6.07, 6.45) is 3.48. The van der Waals surface area contributed by atoms with Gasteiger partial charge in [0.1, 0.15) is 16.2 Å². The smallest absolute Gasteiger partial charge is 0.316 e. The third-order valence-electron chi connectivity index (χ3n) is 4.24. The van der Waals surface area contributed by atoms with Crippen molar-refractivity contribution in [2.75, 3.05) is 12.4 Å². The molecule has 3 rings (SSSR count). The summed E-state index contributed by atoms with van der Waals surface area (Å²) in [5, 5.41) is 3.97. The molecule has 0 bridgehead atoms. The number of carbonyl (C=O) groups is 1. The van der Waals surface area contributed by atoms with Gasteiger partial charge in [-0.15, -0.1) is 11.3 Å². The zero-order valence-electron chi connectivity index (χ0n) is 15.2. The Morgan fingerprint density at radius 1 is 1.23 bits per heavy atom. The number of thiophene rings is 1. The minimum absolute atomic E-state index is 0.196. The van der Waals surface area contributed by atoms with Gasteiger partial charge in [0.25, 0.3) is 0 Å². The Balaban J connectivity index is 1.86. The monoisotopic (exact) mass is 386 g/mol. The second kappa shape index (κ2) is 8.64. The molecule has 0 saturated heterocycles. The molecule has 0 unspecified atom stereocenters. The zero-order chi connectivity index (χ0) is 18.5. The Labute approximate surface area is 162 Å². The predicted molar refractivity (Wildman–Crippen MR) is 109 cm³/mol. The molecule has 0 spiro atoms. The van der Waals surface area contributed by atoms with Gasteiger partial charge in [-0.3, -0.25) is 4.79 Å². The van der Waals surface area contributed by atoms with Gasteiger partial charge in [0.2, 0.25) is 0 Å². The van der Waals surface area contributed by atoms with Gasteiger partial charge in [0.05, 0.1) is 17.7 Å². The minimum atomic E-state index is -0.196. The summed E-state index contributed by atoms with van der Waals surface area (Å²) < 4.78 is 5.24. The summed E-state index contributed by atoms with van der Waals surface area (Å²) in [7, 11) is 0. The molecule has 0 saturated carbocycles. The number of fused-ring (bicyclic) bond motifs is 1. The Morgan fingerprint density at radius 2 is 2.08 bits per heavy atom. The van der Waals surface area contributed by atoms with Gasteiger partial charge in [-0.05, 0) is 37.0 Å². The summed E-state index contributed by atoms with van der Waals surface area (Å²) in [5.74, 6) is 0.0658. The van der Waals surface area contributed by atoms with Crippen LogP contribution in [0.3, 0.4) is 0 Å². The van der Waals surface area contributed by atoms with E-state index in [0.29, 0.717) is 6.61 Å². The van der Waals surface area contributed by atoms with E-state index in [1.165, 1.54) is 22.9 Å². The van der Waals surface area contributed by atoms with E-state index in [0.717, 1.165) is 39.2 Å². The Hall–Kier alpha value is -1.92. The molecular weight excluding hydrogens is 364 g/mol. The summed E-state index contributed by atoms with van der Waals surface area (Å²) in [4.78, 5) is 21.7. The maximum Gasteiger partial charge on any atom is 0.316 e. The van der Waals surface area contributed by atoms with Crippen molar-refractivity contribution in [1.82, 2.24) is 9.97 Å². The maximum absolute atomic E-state index is 11.9. The second-order valence-corrected chi connectivity index (χ2v) is 7.99. The first-order chi connectivity index (χ1) is 12.6. The van der Waals surface area contributed by atoms with Crippen LogP contribution < -0.4 is 0 Å². The van der Waals surface area contributed by atoms with Gasteiger partial charge in [0.15, 0.2) is 0 Å². The molecule has 6 heteroatoms. The van der Waals surface area contributed by atoms with Crippen molar-refractivity contribution >= 4 is 39.3 Å². The molecule has 0 fully saturated rings. The molecule has 3 aromatic rings. The summed E-state index contributed by atoms with van der Waals surface area (Å²) in [6.45, 7) is 6.79. The number of aryl methyl sites for hydroxylation is 2. The van der Waals surface area contributed by atoms with Gasteiger partial charge < -0.3 is 4.74 Å². The molecule has 0 radical (unpaired) electrons. The highest BCUT2D eigenvalue weighted by molar-refractivity contribution is 8.00. The molecule has 1 aromatic carbocycles. The molecule has 0 atom stereocenters. The van der Waals surface area contributed by atoms with Crippen molar-refractivity contribution < 1.29 is 9.53 Å². The predicted octanol–water partition coefficient (Wildman–Crippen LogP) is 5.41. The van der Waals surface area contributed by atoms with Gasteiger partial charge in [-0.2, -0.15) is 0 Å². The Bertz CT molecular complexity index is 921. The third-order valence-corrected chi connectivity index (χ3v) is 6.09. The molecular formula is C20H22N2O2S2. The van der Waals surface area contributed by atoms with E-state index >= 15 is 0 Å². The zero-order valence-corrected chi connectivity index (χ0v) is 16.9. The number of aromatic nitrogens is 2. The fourth-order valence-corrected chi connectivity index (χ4v) is 4.37. The number of nitrogens with zero attached hydrogens (tertiary/aromatic N) is 2. The van der Waals surface area contributed by atoms with Crippen molar-refractivity contribution in [3.05, 3.63) is 41.0 Å². The van der Waals surface area contributed by atoms with Crippen LogP contribution in [0.2, 0.25) is 0 Å². The maximum atomic E-state index is 11.9. The van der Waals surface area contributed by atoms with Crippen LogP contribution >= 0.6 is 23.1 Å². The summed E-state index contributed by atoms with van der Waals surface area (Å²) >= 11 is 3.02. The molecule has 0 aliphatic rings. The lowest BCUT2D eigenvalue weighted by atomic mass is 10.0. The average molecular weight is 387 g/mol. The fraction of sp³-hybridized carbons (Fsp3) is 0.350. The Kier molecular flexibility index (Phi) is 6.27. The number of hydrogen-bond acceptors (Lipinski definition) is 6. The number of esters is 1. The highest BCUT2D eigenvalue weighted by atomic mass is 32.2. The van der Waals surface area contributed by atoms with E-state index in [1.54, 1.807) is 17.7 Å². The number of benzene rings is 1. The van der Waals surface area contributed by atoms with E-state index in [-0.39, 0.29) is 11.7 Å². The van der Waals surface area contributed by atoms with E-state index in [2.05, 4.69) is 54.3 Å². The van der Waals surface area contributed by atoms with Crippen LogP contribution in [0, 0.1) is 13.8 Å². The second-order valence-electron chi connectivity index (χ2n) is 6.17. The van der Waals surface area contributed by atoms with Crippen LogP contribution in [0.5, 0.6) is 0 Å². The van der Waals surface area contributed by atoms with Crippen molar-refractivity contribution in [3.63, 3.8) is 0 Å². The fourth-order valence-electron chi connectivity index (χ4n) is 2.58. The van der Waals surface area contributed by atoms with E-state index in [4.69, 9.17) is 4.74 Å². The lowest BCUT2D eigenvalue weighted by molar-refractivity contribution is -0.140. The van der Waals surface area contributed by atoms with Crippen LogP contribution in [0.1, 0.15) is 30.9 Å². The Morgan fingerprint density at radius 3 is 2.85 bits per heavy atom. The van der Waals surface area contributed by atoms with Gasteiger partial charge in [-0.1, -0.05) is 43.3 Å². The minimum Gasteiger partial charge on any atom is -0.465 e. The first kappa shape index (κ1) is 18.9. The van der Waals surface area contributed by atoms with Gasteiger partial charge >= 0.3 is 5.97 Å². The first-order valence-electron chi connectivity index (χ1n) is 8.68. The van der Waals surface area contributed by atoms with Crippen molar-refractivity contribution in [1.29, 1.82) is 0 Å². The van der Waals surface area contributed by atoms with Crippen LogP contribution in [-0.4, -0.2) is 28.3 Å². The number of unbranched alkanes of at least 4 members (excludes halogenated alkanes) is 1. The van der Waals surface area contributed by atoms with Crippen LogP contribution in [0.25, 0.3) is 21.3 Å².